The summed E-state index contributed by atoms with van der Waals surface area (Å²) < 4.78 is 0. The minimum Gasteiger partial charge on any atom is -0.124 e. The summed E-state index contributed by atoms with van der Waals surface area (Å²) in [6, 6.07) is 13.3. The van der Waals surface area contributed by atoms with Crippen molar-refractivity contribution in [2.45, 2.75) is 337 Å². The van der Waals surface area contributed by atoms with Crippen molar-refractivity contribution in [1.29, 1.82) is 0 Å². The molecule has 0 nitrogen and oxygen atoms in total. The Morgan fingerprint density at radius 1 is 0.210 bits per heavy atom. The molecule has 0 aliphatic rings. The van der Waals surface area contributed by atoms with Crippen molar-refractivity contribution < 1.29 is 0 Å². The van der Waals surface area contributed by atoms with Crippen molar-refractivity contribution in [3.63, 3.8) is 0 Å². The van der Waals surface area contributed by atoms with Crippen LogP contribution in [0.25, 0.3) is 0 Å². The van der Waals surface area contributed by atoms with Gasteiger partial charge in [-0.15, -0.1) is 22.2 Å². The quantitative estimate of drug-likeness (QED) is 0.147. The molecular formula is C96H126Si4. The number of hydrogen-bond acceptors (Lipinski definition) is 0. The molecule has 0 radical (unpaired) electrons. The minimum absolute atomic E-state index is 0.0333. The van der Waals surface area contributed by atoms with E-state index in [1.54, 1.807) is 0 Å². The highest BCUT2D eigenvalue weighted by molar-refractivity contribution is 6.92. The first-order chi connectivity index (χ1) is 46.0. The maximum absolute atomic E-state index is 3.94. The fourth-order valence-electron chi connectivity index (χ4n) is 15.0. The van der Waals surface area contributed by atoms with Gasteiger partial charge in [0.05, 0.1) is 22.3 Å². The third-order valence-corrected chi connectivity index (χ3v) is 45.9. The molecule has 0 aliphatic carbocycles. The van der Waals surface area contributed by atoms with Gasteiger partial charge in [-0.1, -0.05) is 297 Å². The van der Waals surface area contributed by atoms with Crippen molar-refractivity contribution in [2.75, 3.05) is 0 Å². The molecule has 0 aliphatic heterocycles. The summed E-state index contributed by atoms with van der Waals surface area (Å²) in [5, 5.41) is 0. The van der Waals surface area contributed by atoms with E-state index in [1.807, 2.05) is 0 Å². The van der Waals surface area contributed by atoms with E-state index in [0.29, 0.717) is 88.8 Å². The van der Waals surface area contributed by atoms with Crippen molar-refractivity contribution in [3.05, 3.63) is 92.1 Å². The number of rotatable bonds is 12. The fourth-order valence-corrected chi connectivity index (χ4v) is 35.8. The summed E-state index contributed by atoms with van der Waals surface area (Å²) in [5.41, 5.74) is 29.4. The first-order valence-electron chi connectivity index (χ1n) is 37.0. The van der Waals surface area contributed by atoms with Crippen molar-refractivity contribution in [3.8, 4) is 164 Å². The van der Waals surface area contributed by atoms with Crippen LogP contribution in [0, 0.1) is 164 Å². The molecule has 0 spiro atoms. The lowest BCUT2D eigenvalue weighted by Gasteiger charge is -2.38. The molecule has 0 unspecified atom stereocenters. The van der Waals surface area contributed by atoms with Crippen LogP contribution in [0.2, 0.25) is 66.5 Å². The van der Waals surface area contributed by atoms with Crippen LogP contribution in [0.15, 0.2) is 58.7 Å². The van der Waals surface area contributed by atoms with Gasteiger partial charge in [-0.2, -0.15) is 0 Å². The molecule has 2 aromatic carbocycles. The molecule has 0 amide bonds. The van der Waals surface area contributed by atoms with E-state index < -0.39 is 32.3 Å². The zero-order valence-electron chi connectivity index (χ0n) is 69.4. The van der Waals surface area contributed by atoms with Crippen LogP contribution < -0.4 is 0 Å². The highest BCUT2D eigenvalue weighted by atomic mass is 28.3. The van der Waals surface area contributed by atoms with Gasteiger partial charge in [0.2, 0.25) is 0 Å². The highest BCUT2D eigenvalue weighted by Gasteiger charge is 2.45. The summed E-state index contributed by atoms with van der Waals surface area (Å²) >= 11 is 0. The van der Waals surface area contributed by atoms with Gasteiger partial charge >= 0.3 is 0 Å². The molecule has 0 bridgehead atoms. The Hall–Kier alpha value is -7.37. The van der Waals surface area contributed by atoms with Crippen LogP contribution in [0.4, 0.5) is 0 Å². The maximum Gasteiger partial charge on any atom is 0.146 e. The van der Waals surface area contributed by atoms with Crippen LogP contribution in [0.3, 0.4) is 0 Å². The van der Waals surface area contributed by atoms with Gasteiger partial charge in [0, 0.05) is 11.1 Å². The second-order valence-electron chi connectivity index (χ2n) is 35.2. The summed E-state index contributed by atoms with van der Waals surface area (Å²) in [5.74, 6) is 78.1. The molecule has 0 saturated carbocycles. The van der Waals surface area contributed by atoms with Gasteiger partial charge < -0.3 is 0 Å². The Kier molecular flexibility index (Phi) is 33.8. The van der Waals surface area contributed by atoms with Gasteiger partial charge in [-0.05, 0) is 241 Å². The molecule has 100 heavy (non-hydrogen) atoms. The zero-order chi connectivity index (χ0) is 76.7. The van der Waals surface area contributed by atoms with Crippen LogP contribution in [0.1, 0.15) is 283 Å². The Labute approximate surface area is 621 Å². The standard InChI is InChI=1S/C96H126Si4/c1-71(2)97(72(3)4,73(5)6)61-57-85(87(59-63-99(77(13)14,78(15)16)79(17)18)55-49-43-41-45-51-83-65-89(93(25,26)27)69-90(66-83)94(28,29)30)53-47-39-37-38-40-48-54-86(58-62-98(74(7)8,75(9)10)76(11)12)88(60-64-100(80(19)20,81(21)22)82(23)24)56-50-44-42-46-52-84-67-91(95(31,32)33)70-92(68-84)96(34,35)36/h65-82H,1-36H3/b87-85+,88-86+. The molecule has 4 heteroatoms. The summed E-state index contributed by atoms with van der Waals surface area (Å²) in [4.78, 5) is 0. The molecule has 0 heterocycles. The monoisotopic (exact) mass is 1390 g/mol. The predicted octanol–water partition coefficient (Wildman–Crippen LogP) is 23.8. The summed E-state index contributed by atoms with van der Waals surface area (Å²) in [6.45, 7) is 82.6. The Morgan fingerprint density at radius 2 is 0.360 bits per heavy atom. The van der Waals surface area contributed by atoms with Crippen molar-refractivity contribution in [1.82, 2.24) is 0 Å². The molecule has 0 fully saturated rings. The molecular weight excluding hydrogens is 1270 g/mol. The Balaban J connectivity index is 3.42. The average Bonchev–Trinajstić information content (AvgIpc) is 0.830. The normalized spacial score (nSPS) is 12.3. The second-order valence-corrected chi connectivity index (χ2v) is 57.5. The fraction of sp³-hybridized carbons (Fsp3) is 0.542. The molecule has 0 atom stereocenters. The van der Waals surface area contributed by atoms with E-state index >= 15 is 0 Å². The average molecular weight is 1390 g/mol. The van der Waals surface area contributed by atoms with E-state index in [-0.39, 0.29) is 21.7 Å². The van der Waals surface area contributed by atoms with E-state index in [4.69, 9.17) is 0 Å². The topological polar surface area (TPSA) is 0 Å². The molecule has 0 saturated heterocycles. The smallest absolute Gasteiger partial charge is 0.124 e. The first kappa shape index (κ1) is 88.7. The predicted molar refractivity (Wildman–Crippen MR) is 453 cm³/mol. The number of allylic oxidation sites excluding steroid dienone is 4. The van der Waals surface area contributed by atoms with Crippen LogP contribution in [-0.4, -0.2) is 32.3 Å². The van der Waals surface area contributed by atoms with Crippen molar-refractivity contribution >= 4 is 32.3 Å². The number of benzene rings is 2. The van der Waals surface area contributed by atoms with Crippen molar-refractivity contribution in [2.24, 2.45) is 0 Å². The molecule has 2 rings (SSSR count). The van der Waals surface area contributed by atoms with E-state index in [2.05, 4.69) is 450 Å². The lowest BCUT2D eigenvalue weighted by molar-refractivity contribution is 0.567. The van der Waals surface area contributed by atoms with Gasteiger partial charge in [-0.3, -0.25) is 0 Å². The zero-order valence-corrected chi connectivity index (χ0v) is 73.4. The SMILES string of the molecule is CC(C)[Si](C#C/C(C#CC#CC#CC#C/C(C#C[Si](C(C)C)(C(C)C)C(C)C)=C(/C#CC#CC#Cc1cc(C(C)(C)C)cc(C(C)(C)C)c1)C#C[Si](C(C)C)(C(C)C)C(C)C)=C(\C#CC#CC#Cc1cc(C(C)(C)C)cc(C(C)(C)C)c1)C#C[Si](C(C)C)(C(C)C)C(C)C)(C(C)C)C(C)C. The molecule has 0 N–H and O–H groups in total. The molecule has 0 aromatic heterocycles. The Morgan fingerprint density at radius 3 is 0.510 bits per heavy atom. The maximum atomic E-state index is 3.94. The second kappa shape index (κ2) is 38.1. The first-order valence-corrected chi connectivity index (χ1v) is 46.0. The van der Waals surface area contributed by atoms with Crippen LogP contribution in [-0.2, 0) is 21.7 Å². The van der Waals surface area contributed by atoms with E-state index in [0.717, 1.165) is 11.1 Å². The van der Waals surface area contributed by atoms with Crippen LogP contribution >= 0.6 is 0 Å². The third kappa shape index (κ3) is 24.1. The lowest BCUT2D eigenvalue weighted by atomic mass is 9.79. The third-order valence-electron chi connectivity index (χ3n) is 20.8. The number of hydrogen-bond donors (Lipinski definition) is 0. The van der Waals surface area contributed by atoms with Gasteiger partial charge in [0.15, 0.2) is 0 Å². The minimum atomic E-state index is -2.26. The Bertz CT molecular complexity index is 3850. The van der Waals surface area contributed by atoms with Gasteiger partial charge in [-0.25, -0.2) is 0 Å². The molecule has 526 valence electrons. The van der Waals surface area contributed by atoms with E-state index in [1.165, 1.54) is 22.3 Å². The van der Waals surface area contributed by atoms with Gasteiger partial charge in [0.25, 0.3) is 0 Å². The lowest BCUT2D eigenvalue weighted by Crippen LogP contribution is -2.43. The highest BCUT2D eigenvalue weighted by Crippen LogP contribution is 2.45. The molecule has 2 aromatic rings. The largest absolute Gasteiger partial charge is 0.146 e. The summed E-state index contributed by atoms with van der Waals surface area (Å²) in [6.07, 6.45) is 0. The van der Waals surface area contributed by atoms with E-state index in [9.17, 15) is 0 Å². The summed E-state index contributed by atoms with van der Waals surface area (Å²) in [7, 11) is -9.02. The van der Waals surface area contributed by atoms with Gasteiger partial charge in [0.1, 0.15) is 32.3 Å². The van der Waals surface area contributed by atoms with Crippen LogP contribution in [0.5, 0.6) is 0 Å².